The van der Waals surface area contributed by atoms with Crippen molar-refractivity contribution in [1.29, 1.82) is 0 Å². The van der Waals surface area contributed by atoms with Gasteiger partial charge in [-0.05, 0) is 23.1 Å². The highest BCUT2D eigenvalue weighted by Crippen LogP contribution is 2.30. The van der Waals surface area contributed by atoms with Crippen molar-refractivity contribution in [2.24, 2.45) is 0 Å². The van der Waals surface area contributed by atoms with Crippen molar-refractivity contribution in [1.82, 2.24) is 0 Å². The molecule has 3 heteroatoms. The number of hydrogen-bond acceptors (Lipinski definition) is 2. The molecule has 1 aliphatic rings. The predicted octanol–water partition coefficient (Wildman–Crippen LogP) is 2.26. The molecule has 1 aromatic carbocycles. The molecule has 0 amide bonds. The van der Waals surface area contributed by atoms with E-state index < -0.39 is 5.97 Å². The number of carboxylic acid groups (broad SMARTS) is 1. The number of carboxylic acids is 1. The van der Waals surface area contributed by atoms with E-state index in [1.807, 2.05) is 17.0 Å². The zero-order chi connectivity index (χ0) is 11.9. The second kappa shape index (κ2) is 3.51. The van der Waals surface area contributed by atoms with E-state index in [9.17, 15) is 4.79 Å². The maximum atomic E-state index is 10.7. The molecule has 1 N–H and O–H groups in total. The molecule has 86 valence electrons. The fourth-order valence-electron chi connectivity index (χ4n) is 1.79. The monoisotopic (exact) mass is 219 g/mol. The normalized spacial score (nSPS) is 19.7. The van der Waals surface area contributed by atoms with E-state index >= 15 is 0 Å². The maximum absolute atomic E-state index is 10.7. The first kappa shape index (κ1) is 11.0. The molecule has 16 heavy (non-hydrogen) atoms. The van der Waals surface area contributed by atoms with Crippen LogP contribution in [0.3, 0.4) is 0 Å². The van der Waals surface area contributed by atoms with Gasteiger partial charge < -0.3 is 10.0 Å². The van der Waals surface area contributed by atoms with Gasteiger partial charge in [-0.1, -0.05) is 32.9 Å². The first-order valence-corrected chi connectivity index (χ1v) is 5.49. The summed E-state index contributed by atoms with van der Waals surface area (Å²) in [5, 5.41) is 8.83. The SMILES string of the molecule is CC(C)(C)c1ccc(N2CC2C(=O)O)cc1. The van der Waals surface area contributed by atoms with Crippen molar-refractivity contribution in [2.45, 2.75) is 32.2 Å². The lowest BCUT2D eigenvalue weighted by Crippen LogP contribution is -2.12. The first-order valence-electron chi connectivity index (χ1n) is 5.49. The summed E-state index contributed by atoms with van der Waals surface area (Å²) in [5.74, 6) is -0.736. The van der Waals surface area contributed by atoms with E-state index in [1.165, 1.54) is 5.56 Å². The second-order valence-electron chi connectivity index (χ2n) is 5.30. The average Bonchev–Trinajstić information content (AvgIpc) is 2.96. The van der Waals surface area contributed by atoms with Crippen molar-refractivity contribution < 1.29 is 9.90 Å². The van der Waals surface area contributed by atoms with E-state index in [1.54, 1.807) is 0 Å². The van der Waals surface area contributed by atoms with Crippen LogP contribution < -0.4 is 4.90 Å². The molecular formula is C13H17NO2. The van der Waals surface area contributed by atoms with E-state index in [0.717, 1.165) is 5.69 Å². The Morgan fingerprint density at radius 1 is 1.31 bits per heavy atom. The van der Waals surface area contributed by atoms with Crippen molar-refractivity contribution in [2.75, 3.05) is 11.4 Å². The van der Waals surface area contributed by atoms with Crippen molar-refractivity contribution in [3.8, 4) is 0 Å². The van der Waals surface area contributed by atoms with E-state index in [-0.39, 0.29) is 11.5 Å². The van der Waals surface area contributed by atoms with Gasteiger partial charge in [0.1, 0.15) is 6.04 Å². The van der Waals surface area contributed by atoms with Crippen LogP contribution in [0.5, 0.6) is 0 Å². The standard InChI is InChI=1S/C13H17NO2/c1-13(2,3)9-4-6-10(7-5-9)14-8-11(14)12(15)16/h4-7,11H,8H2,1-3H3,(H,15,16). The first-order chi connectivity index (χ1) is 7.39. The van der Waals surface area contributed by atoms with Gasteiger partial charge in [0, 0.05) is 5.69 Å². The molecule has 0 saturated carbocycles. The summed E-state index contributed by atoms with van der Waals surface area (Å²) in [7, 11) is 0. The van der Waals surface area contributed by atoms with Crippen LogP contribution in [-0.4, -0.2) is 23.7 Å². The molecule has 1 fully saturated rings. The van der Waals surface area contributed by atoms with E-state index in [4.69, 9.17) is 5.11 Å². The van der Waals surface area contributed by atoms with Crippen LogP contribution >= 0.6 is 0 Å². The minimum absolute atomic E-state index is 0.142. The Kier molecular flexibility index (Phi) is 2.41. The highest BCUT2D eigenvalue weighted by molar-refractivity contribution is 5.84. The van der Waals surface area contributed by atoms with Gasteiger partial charge in [-0.3, -0.25) is 0 Å². The number of aliphatic carboxylic acids is 1. The highest BCUT2D eigenvalue weighted by atomic mass is 16.4. The van der Waals surface area contributed by atoms with Gasteiger partial charge in [-0.25, -0.2) is 4.79 Å². The zero-order valence-corrected chi connectivity index (χ0v) is 9.90. The third-order valence-corrected chi connectivity index (χ3v) is 2.96. The molecule has 1 atom stereocenters. The van der Waals surface area contributed by atoms with Crippen LogP contribution in [-0.2, 0) is 10.2 Å². The summed E-state index contributed by atoms with van der Waals surface area (Å²) >= 11 is 0. The van der Waals surface area contributed by atoms with Crippen LogP contribution in [0.25, 0.3) is 0 Å². The van der Waals surface area contributed by atoms with Crippen LogP contribution in [0.2, 0.25) is 0 Å². The third kappa shape index (κ3) is 2.03. The van der Waals surface area contributed by atoms with E-state index in [2.05, 4.69) is 32.9 Å². The quantitative estimate of drug-likeness (QED) is 0.776. The summed E-state index contributed by atoms with van der Waals surface area (Å²) in [4.78, 5) is 12.6. The zero-order valence-electron chi connectivity index (χ0n) is 9.90. The molecule has 0 radical (unpaired) electrons. The molecule has 1 unspecified atom stereocenters. The minimum Gasteiger partial charge on any atom is -0.480 e. The van der Waals surface area contributed by atoms with Crippen LogP contribution in [0, 0.1) is 0 Å². The number of benzene rings is 1. The molecule has 0 aliphatic carbocycles. The van der Waals surface area contributed by atoms with Gasteiger partial charge in [-0.2, -0.15) is 0 Å². The van der Waals surface area contributed by atoms with Crippen molar-refractivity contribution in [3.05, 3.63) is 29.8 Å². The molecule has 2 rings (SSSR count). The number of hydrogen-bond donors (Lipinski definition) is 1. The molecule has 0 aromatic heterocycles. The topological polar surface area (TPSA) is 40.3 Å². The van der Waals surface area contributed by atoms with E-state index in [0.29, 0.717) is 6.54 Å². The average molecular weight is 219 g/mol. The Morgan fingerprint density at radius 3 is 2.25 bits per heavy atom. The molecular weight excluding hydrogens is 202 g/mol. The lowest BCUT2D eigenvalue weighted by molar-refractivity contribution is -0.136. The smallest absolute Gasteiger partial charge is 0.328 e. The Hall–Kier alpha value is -1.51. The molecule has 1 aliphatic heterocycles. The third-order valence-electron chi connectivity index (χ3n) is 2.96. The highest BCUT2D eigenvalue weighted by Gasteiger charge is 2.40. The Labute approximate surface area is 95.7 Å². The number of anilines is 1. The van der Waals surface area contributed by atoms with Crippen molar-refractivity contribution in [3.63, 3.8) is 0 Å². The number of rotatable bonds is 2. The van der Waals surface area contributed by atoms with Gasteiger partial charge in [-0.15, -0.1) is 0 Å². The Bertz CT molecular complexity index is 403. The molecule has 0 bridgehead atoms. The lowest BCUT2D eigenvalue weighted by atomic mass is 9.87. The maximum Gasteiger partial charge on any atom is 0.328 e. The molecule has 0 spiro atoms. The Balaban J connectivity index is 2.13. The summed E-state index contributed by atoms with van der Waals surface area (Å²) < 4.78 is 0. The Morgan fingerprint density at radius 2 is 1.88 bits per heavy atom. The van der Waals surface area contributed by atoms with Gasteiger partial charge in [0.25, 0.3) is 0 Å². The molecule has 1 saturated heterocycles. The second-order valence-corrected chi connectivity index (χ2v) is 5.30. The van der Waals surface area contributed by atoms with Gasteiger partial charge in [0.2, 0.25) is 0 Å². The largest absolute Gasteiger partial charge is 0.480 e. The summed E-state index contributed by atoms with van der Waals surface area (Å²) in [6, 6.07) is 7.84. The molecule has 1 heterocycles. The predicted molar refractivity (Wildman–Crippen MR) is 63.9 cm³/mol. The molecule has 1 aromatic rings. The number of nitrogens with zero attached hydrogens (tertiary/aromatic N) is 1. The fourth-order valence-corrected chi connectivity index (χ4v) is 1.79. The summed E-state index contributed by atoms with van der Waals surface area (Å²) in [6.07, 6.45) is 0. The van der Waals surface area contributed by atoms with Crippen molar-refractivity contribution >= 4 is 11.7 Å². The summed E-state index contributed by atoms with van der Waals surface area (Å²) in [5.41, 5.74) is 2.41. The fraction of sp³-hybridized carbons (Fsp3) is 0.462. The minimum atomic E-state index is -0.736. The van der Waals surface area contributed by atoms with Gasteiger partial charge >= 0.3 is 5.97 Å². The van der Waals surface area contributed by atoms with Crippen LogP contribution in [0.1, 0.15) is 26.3 Å². The number of carbonyl (C=O) groups is 1. The molecule has 3 nitrogen and oxygen atoms in total. The summed E-state index contributed by atoms with van der Waals surface area (Å²) in [6.45, 7) is 7.13. The van der Waals surface area contributed by atoms with Gasteiger partial charge in [0.15, 0.2) is 0 Å². The lowest BCUT2D eigenvalue weighted by Gasteiger charge is -2.19. The van der Waals surface area contributed by atoms with Crippen LogP contribution in [0.15, 0.2) is 24.3 Å². The van der Waals surface area contributed by atoms with Gasteiger partial charge in [0.05, 0.1) is 6.54 Å². The van der Waals surface area contributed by atoms with Crippen LogP contribution in [0.4, 0.5) is 5.69 Å².